The van der Waals surface area contributed by atoms with Crippen molar-refractivity contribution in [3.05, 3.63) is 52.5 Å². The number of benzene rings is 2. The third-order valence-corrected chi connectivity index (χ3v) is 6.06. The molecule has 1 N–H and O–H groups in total. The van der Waals surface area contributed by atoms with E-state index in [0.717, 1.165) is 28.9 Å². The normalized spacial score (nSPS) is 18.0. The van der Waals surface area contributed by atoms with Crippen LogP contribution in [-0.4, -0.2) is 30.8 Å². The minimum Gasteiger partial charge on any atom is -0.324 e. The van der Waals surface area contributed by atoms with Crippen LogP contribution in [-0.2, 0) is 20.8 Å². The highest BCUT2D eigenvalue weighted by atomic mass is 35.5. The first-order valence-electron chi connectivity index (χ1n) is 10.2. The molecule has 0 unspecified atom stereocenters. The molecular weight excluding hydrogens is 402 g/mol. The number of halogens is 1. The van der Waals surface area contributed by atoms with Gasteiger partial charge in [-0.1, -0.05) is 24.6 Å². The summed E-state index contributed by atoms with van der Waals surface area (Å²) in [6.45, 7) is 4.78. The highest BCUT2D eigenvalue weighted by Gasteiger charge is 2.36. The van der Waals surface area contributed by atoms with Crippen molar-refractivity contribution in [2.75, 3.05) is 28.2 Å². The van der Waals surface area contributed by atoms with E-state index < -0.39 is 5.92 Å². The van der Waals surface area contributed by atoms with E-state index in [1.54, 1.807) is 21.9 Å². The molecule has 2 aliphatic heterocycles. The molecule has 2 aromatic rings. The lowest BCUT2D eigenvalue weighted by atomic mass is 10.1. The lowest BCUT2D eigenvalue weighted by molar-refractivity contribution is -0.122. The summed E-state index contributed by atoms with van der Waals surface area (Å²) in [5.41, 5.74) is 4.31. The van der Waals surface area contributed by atoms with Crippen molar-refractivity contribution >= 4 is 46.4 Å². The summed E-state index contributed by atoms with van der Waals surface area (Å²) < 4.78 is 0. The Bertz CT molecular complexity index is 1040. The summed E-state index contributed by atoms with van der Waals surface area (Å²) in [4.78, 5) is 40.9. The van der Waals surface area contributed by atoms with Gasteiger partial charge in [0.2, 0.25) is 17.7 Å². The molecule has 1 atom stereocenters. The van der Waals surface area contributed by atoms with Crippen LogP contribution in [0.1, 0.15) is 30.9 Å². The molecule has 30 heavy (non-hydrogen) atoms. The first-order chi connectivity index (χ1) is 14.4. The van der Waals surface area contributed by atoms with Gasteiger partial charge in [-0.15, -0.1) is 0 Å². The number of amides is 3. The van der Waals surface area contributed by atoms with Gasteiger partial charge in [-0.2, -0.15) is 0 Å². The van der Waals surface area contributed by atoms with Crippen LogP contribution in [0.3, 0.4) is 0 Å². The number of fused-ring (bicyclic) bond motifs is 1. The second-order valence-corrected chi connectivity index (χ2v) is 8.25. The number of nitrogens with one attached hydrogen (secondary N) is 1. The Morgan fingerprint density at radius 3 is 2.73 bits per heavy atom. The van der Waals surface area contributed by atoms with Gasteiger partial charge < -0.3 is 15.1 Å². The standard InChI is InChI=1S/C23H24ClN3O3/c1-3-21(28)26-9-8-15-11-17(5-7-20(15)26)27-13-16(12-22(27)29)23(30)25-19-6-4-14(2)10-18(19)24/h4-7,10-11,16H,3,8-9,12-13H2,1-2H3,(H,25,30)/t16-/m1/s1. The van der Waals surface area contributed by atoms with Gasteiger partial charge in [0.1, 0.15) is 0 Å². The fraction of sp³-hybridized carbons (Fsp3) is 0.348. The molecule has 6 nitrogen and oxygen atoms in total. The second kappa shape index (κ2) is 8.11. The Hall–Kier alpha value is -2.86. The fourth-order valence-electron chi connectivity index (χ4n) is 4.10. The maximum Gasteiger partial charge on any atom is 0.229 e. The van der Waals surface area contributed by atoms with Gasteiger partial charge >= 0.3 is 0 Å². The van der Waals surface area contributed by atoms with Crippen LogP contribution < -0.4 is 15.1 Å². The maximum absolute atomic E-state index is 12.7. The molecule has 0 aliphatic carbocycles. The second-order valence-electron chi connectivity index (χ2n) is 7.84. The molecule has 2 aromatic carbocycles. The predicted octanol–water partition coefficient (Wildman–Crippen LogP) is 3.94. The van der Waals surface area contributed by atoms with E-state index in [9.17, 15) is 14.4 Å². The lowest BCUT2D eigenvalue weighted by Crippen LogP contribution is -2.28. The Kier molecular flexibility index (Phi) is 5.52. The van der Waals surface area contributed by atoms with Gasteiger partial charge in [-0.3, -0.25) is 14.4 Å². The van der Waals surface area contributed by atoms with E-state index in [4.69, 9.17) is 11.6 Å². The highest BCUT2D eigenvalue weighted by Crippen LogP contribution is 2.34. The average molecular weight is 426 g/mol. The number of aryl methyl sites for hydroxylation is 1. The number of anilines is 3. The molecular formula is C23H24ClN3O3. The van der Waals surface area contributed by atoms with Gasteiger partial charge in [-0.05, 0) is 54.8 Å². The largest absolute Gasteiger partial charge is 0.324 e. The van der Waals surface area contributed by atoms with Gasteiger partial charge in [0.05, 0.1) is 16.6 Å². The highest BCUT2D eigenvalue weighted by molar-refractivity contribution is 6.33. The zero-order valence-electron chi connectivity index (χ0n) is 17.1. The smallest absolute Gasteiger partial charge is 0.229 e. The third kappa shape index (κ3) is 3.79. The number of nitrogens with zero attached hydrogens (tertiary/aromatic N) is 2. The van der Waals surface area contributed by atoms with Gasteiger partial charge in [0, 0.05) is 37.3 Å². The molecule has 2 aliphatic rings. The van der Waals surface area contributed by atoms with Crippen molar-refractivity contribution in [2.24, 2.45) is 5.92 Å². The predicted molar refractivity (Wildman–Crippen MR) is 118 cm³/mol. The van der Waals surface area contributed by atoms with Crippen LogP contribution in [0.15, 0.2) is 36.4 Å². The lowest BCUT2D eigenvalue weighted by Gasteiger charge is -2.20. The third-order valence-electron chi connectivity index (χ3n) is 5.75. The molecule has 3 amide bonds. The van der Waals surface area contributed by atoms with Crippen molar-refractivity contribution in [3.8, 4) is 0 Å². The molecule has 1 fully saturated rings. The number of hydrogen-bond donors (Lipinski definition) is 1. The van der Waals surface area contributed by atoms with Crippen LogP contribution in [0.5, 0.6) is 0 Å². The first kappa shape index (κ1) is 20.4. The summed E-state index contributed by atoms with van der Waals surface area (Å²) >= 11 is 6.21. The van der Waals surface area contributed by atoms with Crippen molar-refractivity contribution in [1.82, 2.24) is 0 Å². The zero-order valence-corrected chi connectivity index (χ0v) is 17.8. The summed E-state index contributed by atoms with van der Waals surface area (Å²) in [5, 5.41) is 3.33. The van der Waals surface area contributed by atoms with Crippen molar-refractivity contribution < 1.29 is 14.4 Å². The Labute approximate surface area is 180 Å². The SMILES string of the molecule is CCC(=O)N1CCc2cc(N3C[C@H](C(=O)Nc4ccc(C)cc4Cl)CC3=O)ccc21. The molecule has 7 heteroatoms. The van der Waals surface area contributed by atoms with Crippen LogP contribution in [0.2, 0.25) is 5.02 Å². The maximum atomic E-state index is 12.7. The summed E-state index contributed by atoms with van der Waals surface area (Å²) in [5.74, 6) is -0.631. The molecule has 4 rings (SSSR count). The van der Waals surface area contributed by atoms with Crippen LogP contribution in [0.4, 0.5) is 17.1 Å². The van der Waals surface area contributed by atoms with Crippen LogP contribution in [0, 0.1) is 12.8 Å². The van der Waals surface area contributed by atoms with Crippen molar-refractivity contribution in [3.63, 3.8) is 0 Å². The topological polar surface area (TPSA) is 69.7 Å². The minimum absolute atomic E-state index is 0.0791. The van der Waals surface area contributed by atoms with E-state index in [1.165, 1.54) is 0 Å². The molecule has 0 saturated carbocycles. The minimum atomic E-state index is -0.443. The Balaban J connectivity index is 1.47. The van der Waals surface area contributed by atoms with E-state index in [1.807, 2.05) is 38.1 Å². The molecule has 2 heterocycles. The molecule has 1 saturated heterocycles. The summed E-state index contributed by atoms with van der Waals surface area (Å²) in [6.07, 6.45) is 1.40. The van der Waals surface area contributed by atoms with Gasteiger partial charge in [0.25, 0.3) is 0 Å². The number of rotatable bonds is 4. The zero-order chi connectivity index (χ0) is 21.4. The Morgan fingerprint density at radius 1 is 1.20 bits per heavy atom. The van der Waals surface area contributed by atoms with E-state index >= 15 is 0 Å². The molecule has 0 radical (unpaired) electrons. The molecule has 0 bridgehead atoms. The number of carbonyl (C=O) groups is 3. The van der Waals surface area contributed by atoms with Gasteiger partial charge in [0.15, 0.2) is 0 Å². The summed E-state index contributed by atoms with van der Waals surface area (Å²) in [6, 6.07) is 11.2. The quantitative estimate of drug-likeness (QED) is 0.806. The number of hydrogen-bond acceptors (Lipinski definition) is 3. The first-order valence-corrected chi connectivity index (χ1v) is 10.6. The average Bonchev–Trinajstić information content (AvgIpc) is 3.32. The van der Waals surface area contributed by atoms with Crippen molar-refractivity contribution in [2.45, 2.75) is 33.1 Å². The van der Waals surface area contributed by atoms with E-state index in [0.29, 0.717) is 30.2 Å². The van der Waals surface area contributed by atoms with Crippen LogP contribution in [0.25, 0.3) is 0 Å². The van der Waals surface area contributed by atoms with Gasteiger partial charge in [-0.25, -0.2) is 0 Å². The van der Waals surface area contributed by atoms with Crippen molar-refractivity contribution in [1.29, 1.82) is 0 Å². The fourth-order valence-corrected chi connectivity index (χ4v) is 4.38. The van der Waals surface area contributed by atoms with E-state index in [2.05, 4.69) is 5.32 Å². The van der Waals surface area contributed by atoms with E-state index in [-0.39, 0.29) is 24.1 Å². The molecule has 156 valence electrons. The monoisotopic (exact) mass is 425 g/mol. The Morgan fingerprint density at radius 2 is 2.00 bits per heavy atom. The summed E-state index contributed by atoms with van der Waals surface area (Å²) in [7, 11) is 0. The molecule has 0 spiro atoms. The molecule has 0 aromatic heterocycles. The number of carbonyl (C=O) groups excluding carboxylic acids is 3. The van der Waals surface area contributed by atoms with Crippen LogP contribution >= 0.6 is 11.6 Å².